The van der Waals surface area contributed by atoms with Gasteiger partial charge in [-0.15, -0.1) is 0 Å². The Morgan fingerprint density at radius 3 is 1.21 bits per heavy atom. The van der Waals surface area contributed by atoms with Crippen molar-refractivity contribution in [2.24, 2.45) is 0 Å². The molecule has 0 bridgehead atoms. The Hall–Kier alpha value is -2.16. The lowest BCUT2D eigenvalue weighted by molar-refractivity contribution is 0.826. The van der Waals surface area contributed by atoms with E-state index in [0.29, 0.717) is 30.7 Å². The summed E-state index contributed by atoms with van der Waals surface area (Å²) in [5.41, 5.74) is 8.67. The summed E-state index contributed by atoms with van der Waals surface area (Å²) in [4.78, 5) is 5.20. The minimum atomic E-state index is 0.305. The minimum Gasteiger partial charge on any atom is -0.370 e. The van der Waals surface area contributed by atoms with Gasteiger partial charge in [0.15, 0.2) is 0 Å². The number of benzene rings is 2. The molecule has 0 saturated heterocycles. The summed E-state index contributed by atoms with van der Waals surface area (Å²) < 4.78 is 0. The topological polar surface area (TPSA) is 6.48 Å². The molecule has 0 radical (unpaired) electrons. The highest BCUT2D eigenvalue weighted by molar-refractivity contribution is 6.69. The lowest BCUT2D eigenvalue weighted by atomic mass is 9.65. The molecule has 1 aliphatic heterocycles. The van der Waals surface area contributed by atoms with Crippen molar-refractivity contribution in [1.82, 2.24) is 0 Å². The van der Waals surface area contributed by atoms with Crippen LogP contribution >= 0.6 is 0 Å². The first-order valence-electron chi connectivity index (χ1n) is 13.2. The zero-order chi connectivity index (χ0) is 24.3. The van der Waals surface area contributed by atoms with Crippen molar-refractivity contribution >= 4 is 18.4 Å². The fourth-order valence-corrected chi connectivity index (χ4v) is 5.21. The standard InChI is InChI=1S/C30H45BN2/c1-10-11-18-31-32(29-25(21(2)3)14-12-15-26(29)22(4)5)19-20-33(31)30-27(23(6)7)16-13-17-28(30)24(8)9/h12-17,19-24H,10-11,18H2,1-9H3. The van der Waals surface area contributed by atoms with Gasteiger partial charge in [-0.2, -0.15) is 0 Å². The van der Waals surface area contributed by atoms with Gasteiger partial charge in [0.05, 0.1) is 0 Å². The van der Waals surface area contributed by atoms with E-state index in [1.54, 1.807) is 0 Å². The highest BCUT2D eigenvalue weighted by Gasteiger charge is 2.38. The molecule has 0 unspecified atom stereocenters. The van der Waals surface area contributed by atoms with Gasteiger partial charge in [0, 0.05) is 23.8 Å². The van der Waals surface area contributed by atoms with E-state index in [4.69, 9.17) is 0 Å². The van der Waals surface area contributed by atoms with Crippen LogP contribution in [0, 0.1) is 0 Å². The summed E-state index contributed by atoms with van der Waals surface area (Å²) in [6.07, 6.45) is 8.30. The molecular weight excluding hydrogens is 399 g/mol. The molecule has 0 aliphatic carbocycles. The second-order valence-electron chi connectivity index (χ2n) is 10.9. The zero-order valence-electron chi connectivity index (χ0n) is 22.5. The van der Waals surface area contributed by atoms with Gasteiger partial charge in [0.2, 0.25) is 0 Å². The molecule has 0 spiro atoms. The lowest BCUT2D eigenvalue weighted by Gasteiger charge is -2.36. The quantitative estimate of drug-likeness (QED) is 0.356. The first kappa shape index (κ1) is 25.5. The maximum absolute atomic E-state index is 2.60. The molecule has 3 rings (SSSR count). The zero-order valence-corrected chi connectivity index (χ0v) is 22.5. The molecule has 178 valence electrons. The maximum atomic E-state index is 2.60. The SMILES string of the molecule is CCCCB1N(c2c(C(C)C)cccc2C(C)C)C=CN1c1c(C(C)C)cccc1C(C)C. The molecule has 1 heterocycles. The monoisotopic (exact) mass is 444 g/mol. The van der Waals surface area contributed by atoms with E-state index in [9.17, 15) is 0 Å². The van der Waals surface area contributed by atoms with Gasteiger partial charge in [-0.1, -0.05) is 112 Å². The van der Waals surface area contributed by atoms with E-state index in [-0.39, 0.29) is 0 Å². The van der Waals surface area contributed by atoms with Crippen molar-refractivity contribution in [3.63, 3.8) is 0 Å². The highest BCUT2D eigenvalue weighted by atomic mass is 15.3. The van der Waals surface area contributed by atoms with Crippen molar-refractivity contribution in [2.75, 3.05) is 9.62 Å². The molecule has 0 fully saturated rings. The van der Waals surface area contributed by atoms with Crippen LogP contribution in [0.2, 0.25) is 6.32 Å². The minimum absolute atomic E-state index is 0.305. The molecule has 2 nitrogen and oxygen atoms in total. The fourth-order valence-electron chi connectivity index (χ4n) is 5.21. The molecule has 1 aliphatic rings. The Labute approximate surface area is 204 Å². The van der Waals surface area contributed by atoms with E-state index < -0.39 is 0 Å². The summed E-state index contributed by atoms with van der Waals surface area (Å²) in [7, 11) is 0. The second kappa shape index (κ2) is 10.8. The first-order chi connectivity index (χ1) is 15.7. The Morgan fingerprint density at radius 2 is 0.939 bits per heavy atom. The molecule has 2 aromatic carbocycles. The predicted molar refractivity (Wildman–Crippen MR) is 149 cm³/mol. The normalized spacial score (nSPS) is 14.2. The fraction of sp³-hybridized carbons (Fsp3) is 0.533. The van der Waals surface area contributed by atoms with Gasteiger partial charge < -0.3 is 9.62 Å². The first-order valence-corrected chi connectivity index (χ1v) is 13.2. The van der Waals surface area contributed by atoms with E-state index in [0.717, 1.165) is 6.32 Å². The number of rotatable bonds is 9. The van der Waals surface area contributed by atoms with Crippen LogP contribution in [0.1, 0.15) is 121 Å². The van der Waals surface area contributed by atoms with Gasteiger partial charge in [0.25, 0.3) is 0 Å². The van der Waals surface area contributed by atoms with Crippen LogP contribution in [0.5, 0.6) is 0 Å². The predicted octanol–water partition coefficient (Wildman–Crippen LogP) is 9.27. The Kier molecular flexibility index (Phi) is 8.37. The van der Waals surface area contributed by atoms with Crippen molar-refractivity contribution < 1.29 is 0 Å². The van der Waals surface area contributed by atoms with Crippen LogP contribution in [0.15, 0.2) is 48.8 Å². The largest absolute Gasteiger partial charge is 0.383 e. The van der Waals surface area contributed by atoms with Crippen LogP contribution in [0.4, 0.5) is 11.4 Å². The van der Waals surface area contributed by atoms with Crippen LogP contribution in [-0.4, -0.2) is 6.98 Å². The molecule has 0 atom stereocenters. The molecule has 0 N–H and O–H groups in total. The van der Waals surface area contributed by atoms with Crippen molar-refractivity contribution in [3.05, 3.63) is 71.1 Å². The summed E-state index contributed by atoms with van der Waals surface area (Å²) in [6.45, 7) is 21.2. The van der Waals surface area contributed by atoms with Crippen LogP contribution in [0.3, 0.4) is 0 Å². The van der Waals surface area contributed by atoms with Crippen molar-refractivity contribution in [3.8, 4) is 0 Å². The van der Waals surface area contributed by atoms with E-state index >= 15 is 0 Å². The Balaban J connectivity index is 2.20. The summed E-state index contributed by atoms with van der Waals surface area (Å²) in [5, 5.41) is 0. The van der Waals surface area contributed by atoms with Crippen LogP contribution in [0.25, 0.3) is 0 Å². The smallest absolute Gasteiger partial charge is 0.370 e. The molecule has 33 heavy (non-hydrogen) atoms. The maximum Gasteiger partial charge on any atom is 0.383 e. The van der Waals surface area contributed by atoms with Crippen molar-refractivity contribution in [2.45, 2.75) is 105 Å². The summed E-state index contributed by atoms with van der Waals surface area (Å²) in [6, 6.07) is 13.8. The molecule has 0 aromatic heterocycles. The van der Waals surface area contributed by atoms with Gasteiger partial charge >= 0.3 is 6.98 Å². The van der Waals surface area contributed by atoms with Crippen molar-refractivity contribution in [1.29, 1.82) is 0 Å². The average molecular weight is 445 g/mol. The third-order valence-corrected chi connectivity index (χ3v) is 7.05. The van der Waals surface area contributed by atoms with E-state index in [1.807, 2.05) is 0 Å². The number of nitrogens with zero attached hydrogens (tertiary/aromatic N) is 2. The van der Waals surface area contributed by atoms with Crippen LogP contribution in [-0.2, 0) is 0 Å². The molecule has 0 saturated carbocycles. The average Bonchev–Trinajstić information content (AvgIpc) is 3.19. The van der Waals surface area contributed by atoms with E-state index in [1.165, 1.54) is 46.5 Å². The molecule has 0 amide bonds. The van der Waals surface area contributed by atoms with Gasteiger partial charge in [0.1, 0.15) is 0 Å². The van der Waals surface area contributed by atoms with Gasteiger partial charge in [-0.05, 0) is 52.2 Å². The number of hydrogen-bond donors (Lipinski definition) is 0. The molecular formula is C30H45BN2. The van der Waals surface area contributed by atoms with Gasteiger partial charge in [-0.3, -0.25) is 0 Å². The number of unbranched alkanes of at least 4 members (excludes halogenated alkanes) is 1. The molecule has 3 heteroatoms. The number of anilines is 2. The Bertz CT molecular complexity index is 832. The summed E-state index contributed by atoms with van der Waals surface area (Å²) in [5.74, 6) is 1.95. The highest BCUT2D eigenvalue weighted by Crippen LogP contribution is 2.43. The Morgan fingerprint density at radius 1 is 0.606 bits per heavy atom. The third kappa shape index (κ3) is 5.18. The summed E-state index contributed by atoms with van der Waals surface area (Å²) >= 11 is 0. The second-order valence-corrected chi connectivity index (χ2v) is 10.9. The van der Waals surface area contributed by atoms with Gasteiger partial charge in [-0.25, -0.2) is 0 Å². The van der Waals surface area contributed by atoms with Crippen LogP contribution < -0.4 is 9.62 Å². The van der Waals surface area contributed by atoms with E-state index in [2.05, 4.69) is 121 Å². The third-order valence-electron chi connectivity index (χ3n) is 7.05. The molecule has 2 aromatic rings. The number of para-hydroxylation sites is 2. The number of hydrogen-bond acceptors (Lipinski definition) is 2. The lowest BCUT2D eigenvalue weighted by Crippen LogP contribution is -2.45.